The van der Waals surface area contributed by atoms with Crippen molar-refractivity contribution < 1.29 is 9.90 Å². The second-order valence-corrected chi connectivity index (χ2v) is 1.43. The van der Waals surface area contributed by atoms with Gasteiger partial charge in [0.1, 0.15) is 6.04 Å². The number of carboxylic acid groups (broad SMARTS) is 1. The molecule has 1 atom stereocenters. The maximum atomic E-state index is 9.85. The Bertz CT molecular complexity index is 113. The van der Waals surface area contributed by atoms with E-state index in [0.717, 1.165) is 5.54 Å². The number of carboxylic acids is 1. The first-order valence-corrected chi connectivity index (χ1v) is 2.37. The fraction of sp³-hybridized carbons (Fsp3) is 0.250. The smallest absolute Gasteiger partial charge is 0.324 e. The zero-order chi connectivity index (χ0) is 6.57. The van der Waals surface area contributed by atoms with Gasteiger partial charge >= 0.3 is 5.97 Å². The third-order valence-corrected chi connectivity index (χ3v) is 0.711. The number of halogens is 1. The molecule has 0 saturated heterocycles. The van der Waals surface area contributed by atoms with E-state index >= 15 is 0 Å². The summed E-state index contributed by atoms with van der Waals surface area (Å²) in [5, 5.41) is 8.08. The van der Waals surface area contributed by atoms with Gasteiger partial charge in [0.15, 0.2) is 0 Å². The highest BCUT2D eigenvalue weighted by atomic mass is 35.5. The molecule has 0 unspecified atom stereocenters. The summed E-state index contributed by atoms with van der Waals surface area (Å²) in [7, 11) is 0. The third-order valence-electron chi connectivity index (χ3n) is 0.565. The third kappa shape index (κ3) is 2.60. The summed E-state index contributed by atoms with van der Waals surface area (Å²) < 4.78 is 0. The highest BCUT2D eigenvalue weighted by molar-refractivity contribution is 6.25. The Morgan fingerprint density at radius 3 is 2.50 bits per heavy atom. The first-order chi connectivity index (χ1) is 3.68. The van der Waals surface area contributed by atoms with Crippen molar-refractivity contribution in [2.45, 2.75) is 6.04 Å². The van der Waals surface area contributed by atoms with Gasteiger partial charge in [0.25, 0.3) is 0 Å². The second kappa shape index (κ2) is 3.46. The van der Waals surface area contributed by atoms with E-state index in [1.54, 1.807) is 0 Å². The van der Waals surface area contributed by atoms with Crippen LogP contribution in [0.15, 0.2) is 11.6 Å². The standard InChI is InChI=1S/C4H6ClNO2/c5-2-1-3(6)4(7)8/h1-3H,6H2,(H,7,8)/b2-1+/t3-/m0/s1. The zero-order valence-corrected chi connectivity index (χ0v) is 4.80. The molecule has 46 valence electrons. The first kappa shape index (κ1) is 7.46. The van der Waals surface area contributed by atoms with E-state index in [0.29, 0.717) is 0 Å². The van der Waals surface area contributed by atoms with Gasteiger partial charge in [-0.05, 0) is 6.08 Å². The lowest BCUT2D eigenvalue weighted by Gasteiger charge is -1.93. The van der Waals surface area contributed by atoms with Gasteiger partial charge in [0.05, 0.1) is 0 Å². The Morgan fingerprint density at radius 2 is 2.38 bits per heavy atom. The summed E-state index contributed by atoms with van der Waals surface area (Å²) in [6.45, 7) is 0. The minimum absolute atomic E-state index is 0.979. The summed E-state index contributed by atoms with van der Waals surface area (Å²) in [6.07, 6.45) is 1.18. The molecule has 0 rings (SSSR count). The van der Waals surface area contributed by atoms with Gasteiger partial charge < -0.3 is 10.8 Å². The minimum Gasteiger partial charge on any atom is -0.480 e. The van der Waals surface area contributed by atoms with Crippen molar-refractivity contribution in [2.24, 2.45) is 5.73 Å². The predicted octanol–water partition coefficient (Wildman–Crippen LogP) is 0.151. The van der Waals surface area contributed by atoms with Crippen molar-refractivity contribution in [3.05, 3.63) is 11.6 Å². The van der Waals surface area contributed by atoms with E-state index < -0.39 is 12.0 Å². The molecule has 0 fully saturated rings. The van der Waals surface area contributed by atoms with Crippen LogP contribution in [-0.2, 0) is 4.79 Å². The van der Waals surface area contributed by atoms with E-state index in [-0.39, 0.29) is 0 Å². The van der Waals surface area contributed by atoms with Crippen LogP contribution in [-0.4, -0.2) is 17.1 Å². The largest absolute Gasteiger partial charge is 0.480 e. The van der Waals surface area contributed by atoms with Crippen molar-refractivity contribution in [2.75, 3.05) is 0 Å². The number of carbonyl (C=O) groups is 1. The van der Waals surface area contributed by atoms with Gasteiger partial charge in [0, 0.05) is 5.54 Å². The molecule has 0 radical (unpaired) electrons. The lowest BCUT2D eigenvalue weighted by molar-refractivity contribution is -0.137. The molecular formula is C4H6ClNO2. The fourth-order valence-corrected chi connectivity index (χ4v) is 0.317. The molecule has 0 amide bonds. The van der Waals surface area contributed by atoms with E-state index in [4.69, 9.17) is 22.4 Å². The highest BCUT2D eigenvalue weighted by Gasteiger charge is 2.04. The highest BCUT2D eigenvalue weighted by Crippen LogP contribution is 1.83. The van der Waals surface area contributed by atoms with Crippen LogP contribution in [0.2, 0.25) is 0 Å². The Labute approximate surface area is 51.7 Å². The molecule has 0 heterocycles. The molecule has 0 aromatic rings. The number of hydrogen-bond acceptors (Lipinski definition) is 2. The van der Waals surface area contributed by atoms with Crippen molar-refractivity contribution in [1.29, 1.82) is 0 Å². The normalized spacial score (nSPS) is 14.2. The topological polar surface area (TPSA) is 63.3 Å². The average molecular weight is 136 g/mol. The van der Waals surface area contributed by atoms with Crippen molar-refractivity contribution in [1.82, 2.24) is 0 Å². The predicted molar refractivity (Wildman–Crippen MR) is 30.6 cm³/mol. The molecule has 0 aromatic heterocycles. The summed E-state index contributed by atoms with van der Waals surface area (Å²) in [5.74, 6) is -1.08. The molecule has 0 spiro atoms. The second-order valence-electron chi connectivity index (χ2n) is 1.18. The molecule has 0 aromatic carbocycles. The molecular weight excluding hydrogens is 130 g/mol. The maximum Gasteiger partial charge on any atom is 0.324 e. The summed E-state index contributed by atoms with van der Waals surface area (Å²) in [5.41, 5.74) is 6.04. The minimum atomic E-state index is -1.08. The number of nitrogens with two attached hydrogens (primary N) is 1. The Hall–Kier alpha value is -0.540. The first-order valence-electron chi connectivity index (χ1n) is 1.93. The Balaban J connectivity index is 3.64. The molecule has 4 heteroatoms. The van der Waals surface area contributed by atoms with Crippen LogP contribution in [0, 0.1) is 0 Å². The van der Waals surface area contributed by atoms with E-state index in [2.05, 4.69) is 0 Å². The average Bonchev–Trinajstić information content (AvgIpc) is 1.67. The van der Waals surface area contributed by atoms with Crippen LogP contribution in [0.25, 0.3) is 0 Å². The number of aliphatic carboxylic acids is 1. The van der Waals surface area contributed by atoms with Gasteiger partial charge in [-0.3, -0.25) is 4.79 Å². The molecule has 0 aliphatic carbocycles. The van der Waals surface area contributed by atoms with Gasteiger partial charge in [-0.25, -0.2) is 0 Å². The van der Waals surface area contributed by atoms with Crippen LogP contribution >= 0.6 is 11.6 Å². The van der Waals surface area contributed by atoms with Crippen LogP contribution < -0.4 is 5.73 Å². The Kier molecular flexibility index (Phi) is 3.23. The van der Waals surface area contributed by atoms with Crippen molar-refractivity contribution >= 4 is 17.6 Å². The molecule has 3 nitrogen and oxygen atoms in total. The maximum absolute atomic E-state index is 9.85. The van der Waals surface area contributed by atoms with Crippen LogP contribution in [0.1, 0.15) is 0 Å². The molecule has 8 heavy (non-hydrogen) atoms. The summed E-state index contributed by atoms with van der Waals surface area (Å²) >= 11 is 5.02. The molecule has 0 aliphatic heterocycles. The molecule has 3 N–H and O–H groups in total. The summed E-state index contributed by atoms with van der Waals surface area (Å²) in [4.78, 5) is 9.85. The van der Waals surface area contributed by atoms with Gasteiger partial charge in [0.2, 0.25) is 0 Å². The molecule has 0 bridgehead atoms. The van der Waals surface area contributed by atoms with Crippen LogP contribution in [0.5, 0.6) is 0 Å². The van der Waals surface area contributed by atoms with Gasteiger partial charge in [-0.2, -0.15) is 0 Å². The lowest BCUT2D eigenvalue weighted by atomic mass is 10.3. The van der Waals surface area contributed by atoms with E-state index in [1.807, 2.05) is 0 Å². The van der Waals surface area contributed by atoms with E-state index in [9.17, 15) is 4.79 Å². The zero-order valence-electron chi connectivity index (χ0n) is 4.04. The number of rotatable bonds is 2. The summed E-state index contributed by atoms with van der Waals surface area (Å²) in [6, 6.07) is -0.979. The quantitative estimate of drug-likeness (QED) is 0.567. The Morgan fingerprint density at radius 1 is 1.88 bits per heavy atom. The SMILES string of the molecule is N[C@@H](/C=C/Cl)C(=O)O. The van der Waals surface area contributed by atoms with Gasteiger partial charge in [-0.1, -0.05) is 11.6 Å². The van der Waals surface area contributed by atoms with Crippen molar-refractivity contribution in [3.63, 3.8) is 0 Å². The van der Waals surface area contributed by atoms with E-state index in [1.165, 1.54) is 6.08 Å². The number of hydrogen-bond donors (Lipinski definition) is 2. The monoisotopic (exact) mass is 135 g/mol. The lowest BCUT2D eigenvalue weighted by Crippen LogP contribution is -2.27. The van der Waals surface area contributed by atoms with Crippen LogP contribution in [0.3, 0.4) is 0 Å². The van der Waals surface area contributed by atoms with Crippen LogP contribution in [0.4, 0.5) is 0 Å². The molecule has 0 saturated carbocycles. The fourth-order valence-electron chi connectivity index (χ4n) is 0.161. The van der Waals surface area contributed by atoms with Crippen molar-refractivity contribution in [3.8, 4) is 0 Å². The molecule has 0 aliphatic rings. The van der Waals surface area contributed by atoms with Gasteiger partial charge in [-0.15, -0.1) is 0 Å².